The Kier molecular flexibility index (Phi) is 5.11. The number of methoxy groups -OCH3 is 2. The molecule has 2 aromatic rings. The zero-order valence-corrected chi connectivity index (χ0v) is 13.0. The van der Waals surface area contributed by atoms with Crippen LogP contribution in [0.3, 0.4) is 0 Å². The molecule has 0 saturated carbocycles. The maximum Gasteiger partial charge on any atom is 0.255 e. The fraction of sp³-hybridized carbons (Fsp3) is 0.188. The van der Waals surface area contributed by atoms with Gasteiger partial charge in [-0.25, -0.2) is 0 Å². The second kappa shape index (κ2) is 7.04. The van der Waals surface area contributed by atoms with Crippen molar-refractivity contribution in [2.24, 2.45) is 0 Å². The summed E-state index contributed by atoms with van der Waals surface area (Å²) in [6.07, 6.45) is 2.00. The number of ether oxygens (including phenoxy) is 2. The molecule has 0 aliphatic carbocycles. The fourth-order valence-electron chi connectivity index (χ4n) is 1.84. The highest BCUT2D eigenvalue weighted by molar-refractivity contribution is 7.98. The maximum atomic E-state index is 12.2. The molecule has 0 spiro atoms. The van der Waals surface area contributed by atoms with E-state index in [0.717, 1.165) is 4.90 Å². The van der Waals surface area contributed by atoms with Crippen molar-refractivity contribution in [3.63, 3.8) is 0 Å². The van der Waals surface area contributed by atoms with Crippen molar-refractivity contribution in [3.8, 4) is 11.5 Å². The molecule has 0 bridgehead atoms. The van der Waals surface area contributed by atoms with Crippen molar-refractivity contribution < 1.29 is 14.3 Å². The molecule has 0 aliphatic heterocycles. The standard InChI is InChI=1S/C16H17NO3S/c1-19-12-6-9-14(15(10-12)20-2)17-16(18)11-4-7-13(21-3)8-5-11/h4-10H,1-3H3,(H,17,18). The molecule has 0 atom stereocenters. The minimum atomic E-state index is -0.175. The summed E-state index contributed by atoms with van der Waals surface area (Å²) in [6, 6.07) is 12.7. The summed E-state index contributed by atoms with van der Waals surface area (Å²) in [5, 5.41) is 2.84. The Morgan fingerprint density at radius 1 is 1.05 bits per heavy atom. The zero-order chi connectivity index (χ0) is 15.2. The lowest BCUT2D eigenvalue weighted by molar-refractivity contribution is 0.102. The van der Waals surface area contributed by atoms with E-state index < -0.39 is 0 Å². The minimum absolute atomic E-state index is 0.175. The van der Waals surface area contributed by atoms with Gasteiger partial charge in [0.05, 0.1) is 19.9 Å². The normalized spacial score (nSPS) is 10.0. The molecule has 0 radical (unpaired) electrons. The van der Waals surface area contributed by atoms with Gasteiger partial charge in [0, 0.05) is 16.5 Å². The Morgan fingerprint density at radius 3 is 2.33 bits per heavy atom. The largest absolute Gasteiger partial charge is 0.497 e. The zero-order valence-electron chi connectivity index (χ0n) is 12.2. The van der Waals surface area contributed by atoms with Crippen LogP contribution < -0.4 is 14.8 Å². The Hall–Kier alpha value is -2.14. The summed E-state index contributed by atoms with van der Waals surface area (Å²) < 4.78 is 10.4. The number of hydrogen-bond donors (Lipinski definition) is 1. The van der Waals surface area contributed by atoms with Crippen LogP contribution in [0.4, 0.5) is 5.69 Å². The number of nitrogens with one attached hydrogen (secondary N) is 1. The van der Waals surface area contributed by atoms with Gasteiger partial charge in [0.1, 0.15) is 11.5 Å². The third-order valence-electron chi connectivity index (χ3n) is 3.01. The van der Waals surface area contributed by atoms with Crippen molar-refractivity contribution in [1.29, 1.82) is 0 Å². The molecule has 2 rings (SSSR count). The van der Waals surface area contributed by atoms with Crippen LogP contribution in [-0.4, -0.2) is 26.4 Å². The van der Waals surface area contributed by atoms with E-state index in [2.05, 4.69) is 5.32 Å². The van der Waals surface area contributed by atoms with Crippen molar-refractivity contribution in [2.75, 3.05) is 25.8 Å². The van der Waals surface area contributed by atoms with Gasteiger partial charge in [-0.05, 0) is 42.7 Å². The molecule has 5 heteroatoms. The molecule has 2 aromatic carbocycles. The summed E-state index contributed by atoms with van der Waals surface area (Å²) in [4.78, 5) is 13.4. The predicted octanol–water partition coefficient (Wildman–Crippen LogP) is 3.68. The highest BCUT2D eigenvalue weighted by Gasteiger charge is 2.10. The molecule has 1 N–H and O–H groups in total. The van der Waals surface area contributed by atoms with E-state index >= 15 is 0 Å². The van der Waals surface area contributed by atoms with E-state index in [4.69, 9.17) is 9.47 Å². The summed E-state index contributed by atoms with van der Waals surface area (Å²) in [7, 11) is 3.14. The lowest BCUT2D eigenvalue weighted by Gasteiger charge is -2.11. The molecule has 0 aliphatic rings. The molecule has 0 heterocycles. The molecule has 110 valence electrons. The van der Waals surface area contributed by atoms with Gasteiger partial charge >= 0.3 is 0 Å². The first-order valence-electron chi connectivity index (χ1n) is 6.35. The van der Waals surface area contributed by atoms with Gasteiger partial charge in [0.15, 0.2) is 0 Å². The van der Waals surface area contributed by atoms with Gasteiger partial charge in [0.2, 0.25) is 0 Å². The third kappa shape index (κ3) is 3.70. The van der Waals surface area contributed by atoms with E-state index in [1.165, 1.54) is 0 Å². The SMILES string of the molecule is COc1ccc(NC(=O)c2ccc(SC)cc2)c(OC)c1. The van der Waals surface area contributed by atoms with E-state index in [1.807, 2.05) is 18.4 Å². The third-order valence-corrected chi connectivity index (χ3v) is 3.75. The van der Waals surface area contributed by atoms with Crippen LogP contribution in [0.1, 0.15) is 10.4 Å². The number of amides is 1. The first-order chi connectivity index (χ1) is 10.2. The predicted molar refractivity (Wildman–Crippen MR) is 85.7 cm³/mol. The van der Waals surface area contributed by atoms with Crippen LogP contribution >= 0.6 is 11.8 Å². The lowest BCUT2D eigenvalue weighted by Crippen LogP contribution is -2.12. The Balaban J connectivity index is 2.18. The summed E-state index contributed by atoms with van der Waals surface area (Å²) in [5.74, 6) is 1.06. The minimum Gasteiger partial charge on any atom is -0.497 e. The molecule has 0 aromatic heterocycles. The van der Waals surface area contributed by atoms with Gasteiger partial charge in [-0.15, -0.1) is 11.8 Å². The Labute approximate surface area is 128 Å². The maximum absolute atomic E-state index is 12.2. The highest BCUT2D eigenvalue weighted by Crippen LogP contribution is 2.29. The van der Waals surface area contributed by atoms with E-state index in [0.29, 0.717) is 22.7 Å². The number of carbonyl (C=O) groups excluding carboxylic acids is 1. The van der Waals surface area contributed by atoms with Crippen molar-refractivity contribution >= 4 is 23.4 Å². The van der Waals surface area contributed by atoms with Gasteiger partial charge < -0.3 is 14.8 Å². The van der Waals surface area contributed by atoms with Crippen LogP contribution in [0, 0.1) is 0 Å². The number of rotatable bonds is 5. The van der Waals surface area contributed by atoms with Crippen LogP contribution in [0.2, 0.25) is 0 Å². The van der Waals surface area contributed by atoms with Gasteiger partial charge in [-0.1, -0.05) is 0 Å². The molecule has 0 saturated heterocycles. The van der Waals surface area contributed by atoms with Gasteiger partial charge in [-0.3, -0.25) is 4.79 Å². The molecule has 4 nitrogen and oxygen atoms in total. The van der Waals surface area contributed by atoms with Crippen LogP contribution in [0.25, 0.3) is 0 Å². The second-order valence-corrected chi connectivity index (χ2v) is 5.13. The van der Waals surface area contributed by atoms with Crippen LogP contribution in [0.5, 0.6) is 11.5 Å². The van der Waals surface area contributed by atoms with Crippen molar-refractivity contribution in [2.45, 2.75) is 4.90 Å². The first kappa shape index (κ1) is 15.3. The first-order valence-corrected chi connectivity index (χ1v) is 7.58. The molecular weight excluding hydrogens is 286 g/mol. The summed E-state index contributed by atoms with van der Waals surface area (Å²) in [6.45, 7) is 0. The summed E-state index contributed by atoms with van der Waals surface area (Å²) >= 11 is 1.64. The van der Waals surface area contributed by atoms with Crippen LogP contribution in [0.15, 0.2) is 47.4 Å². The van der Waals surface area contributed by atoms with Crippen molar-refractivity contribution in [1.82, 2.24) is 0 Å². The lowest BCUT2D eigenvalue weighted by atomic mass is 10.2. The molecule has 1 amide bonds. The number of thioether (sulfide) groups is 1. The number of anilines is 1. The van der Waals surface area contributed by atoms with Gasteiger partial charge in [-0.2, -0.15) is 0 Å². The highest BCUT2D eigenvalue weighted by atomic mass is 32.2. The quantitative estimate of drug-likeness (QED) is 0.856. The fourth-order valence-corrected chi connectivity index (χ4v) is 2.25. The molecule has 21 heavy (non-hydrogen) atoms. The molecule has 0 unspecified atom stereocenters. The number of carbonyl (C=O) groups is 1. The number of hydrogen-bond acceptors (Lipinski definition) is 4. The average Bonchev–Trinajstić information content (AvgIpc) is 2.55. The monoisotopic (exact) mass is 303 g/mol. The smallest absolute Gasteiger partial charge is 0.255 e. The number of benzene rings is 2. The van der Waals surface area contributed by atoms with E-state index in [9.17, 15) is 4.79 Å². The van der Waals surface area contributed by atoms with Crippen LogP contribution in [-0.2, 0) is 0 Å². The van der Waals surface area contributed by atoms with E-state index in [1.54, 1.807) is 56.3 Å². The van der Waals surface area contributed by atoms with Crippen molar-refractivity contribution in [3.05, 3.63) is 48.0 Å². The van der Waals surface area contributed by atoms with Gasteiger partial charge in [0.25, 0.3) is 5.91 Å². The molecular formula is C16H17NO3S. The Bertz CT molecular complexity index is 626. The molecule has 0 fully saturated rings. The second-order valence-electron chi connectivity index (χ2n) is 4.25. The Morgan fingerprint density at radius 2 is 1.76 bits per heavy atom. The topological polar surface area (TPSA) is 47.6 Å². The average molecular weight is 303 g/mol. The van der Waals surface area contributed by atoms with E-state index in [-0.39, 0.29) is 5.91 Å². The summed E-state index contributed by atoms with van der Waals surface area (Å²) in [5.41, 5.74) is 1.21.